The number of nitrogens with two attached hydrogens (primary N) is 1. The van der Waals surface area contributed by atoms with Gasteiger partial charge in [-0.05, 0) is 0 Å². The first-order valence-corrected chi connectivity index (χ1v) is 2.32. The number of ether oxygens (including phenoxy) is 1. The third kappa shape index (κ3) is 1.54. The first-order chi connectivity index (χ1) is 3.72. The molecule has 4 nitrogen and oxygen atoms in total. The SMILES string of the molecule is Cl.N[C@H]1CO[C@@H]1C(=O)O. The molecule has 3 N–H and O–H groups in total. The van der Waals surface area contributed by atoms with Gasteiger partial charge in [-0.1, -0.05) is 0 Å². The van der Waals surface area contributed by atoms with Crippen molar-refractivity contribution in [2.45, 2.75) is 12.1 Å². The number of hydrogen-bond acceptors (Lipinski definition) is 3. The van der Waals surface area contributed by atoms with E-state index in [1.807, 2.05) is 0 Å². The first-order valence-electron chi connectivity index (χ1n) is 2.32. The highest BCUT2D eigenvalue weighted by Crippen LogP contribution is 2.08. The molecular weight excluding hydrogens is 146 g/mol. The van der Waals surface area contributed by atoms with Gasteiger partial charge in [-0.2, -0.15) is 0 Å². The van der Waals surface area contributed by atoms with Gasteiger partial charge in [0.05, 0.1) is 12.6 Å². The van der Waals surface area contributed by atoms with Crippen molar-refractivity contribution >= 4 is 18.4 Å². The molecule has 1 aliphatic rings. The molecule has 0 aromatic rings. The lowest BCUT2D eigenvalue weighted by atomic mass is 10.1. The van der Waals surface area contributed by atoms with Gasteiger partial charge >= 0.3 is 5.97 Å². The molecule has 1 heterocycles. The van der Waals surface area contributed by atoms with Crippen molar-refractivity contribution < 1.29 is 14.6 Å². The fourth-order valence-electron chi connectivity index (χ4n) is 0.558. The van der Waals surface area contributed by atoms with E-state index in [9.17, 15) is 4.79 Å². The van der Waals surface area contributed by atoms with Crippen LogP contribution in [0, 0.1) is 0 Å². The van der Waals surface area contributed by atoms with Crippen molar-refractivity contribution in [3.63, 3.8) is 0 Å². The average molecular weight is 154 g/mol. The predicted molar refractivity (Wildman–Crippen MR) is 32.6 cm³/mol. The maximum absolute atomic E-state index is 9.99. The lowest BCUT2D eigenvalue weighted by molar-refractivity contribution is -0.166. The molecule has 1 aliphatic heterocycles. The van der Waals surface area contributed by atoms with Crippen LogP contribution in [0.1, 0.15) is 0 Å². The molecule has 0 spiro atoms. The topological polar surface area (TPSA) is 72.5 Å². The molecule has 2 atom stereocenters. The van der Waals surface area contributed by atoms with E-state index in [1.54, 1.807) is 0 Å². The quantitative estimate of drug-likeness (QED) is 0.518. The van der Waals surface area contributed by atoms with Gasteiger partial charge < -0.3 is 15.6 Å². The Kier molecular flexibility index (Phi) is 2.90. The maximum Gasteiger partial charge on any atom is 0.334 e. The molecular formula is C4H8ClNO3. The molecule has 0 bridgehead atoms. The van der Waals surface area contributed by atoms with E-state index < -0.39 is 12.1 Å². The maximum atomic E-state index is 9.99. The number of halogens is 1. The minimum atomic E-state index is -0.969. The summed E-state index contributed by atoms with van der Waals surface area (Å²) in [5.41, 5.74) is 5.22. The molecule has 0 radical (unpaired) electrons. The Morgan fingerprint density at radius 1 is 1.78 bits per heavy atom. The zero-order valence-corrected chi connectivity index (χ0v) is 5.43. The number of carbonyl (C=O) groups is 1. The molecule has 5 heteroatoms. The van der Waals surface area contributed by atoms with Crippen molar-refractivity contribution in [2.24, 2.45) is 5.73 Å². The smallest absolute Gasteiger partial charge is 0.334 e. The Morgan fingerprint density at radius 3 is 2.33 bits per heavy atom. The molecule has 0 aliphatic carbocycles. The summed E-state index contributed by atoms with van der Waals surface area (Å²) in [6.07, 6.45) is -0.755. The Labute approximate surface area is 58.4 Å². The second-order valence-electron chi connectivity index (χ2n) is 1.76. The van der Waals surface area contributed by atoms with Crippen LogP contribution >= 0.6 is 12.4 Å². The Bertz CT molecular complexity index is 118. The highest BCUT2D eigenvalue weighted by molar-refractivity contribution is 5.85. The van der Waals surface area contributed by atoms with Gasteiger partial charge in [0.25, 0.3) is 0 Å². The summed E-state index contributed by atoms with van der Waals surface area (Å²) >= 11 is 0. The summed E-state index contributed by atoms with van der Waals surface area (Å²) in [5.74, 6) is -0.969. The monoisotopic (exact) mass is 153 g/mol. The van der Waals surface area contributed by atoms with Crippen molar-refractivity contribution in [3.05, 3.63) is 0 Å². The van der Waals surface area contributed by atoms with Crippen LogP contribution in [0.15, 0.2) is 0 Å². The number of rotatable bonds is 1. The van der Waals surface area contributed by atoms with E-state index >= 15 is 0 Å². The third-order valence-electron chi connectivity index (χ3n) is 1.10. The molecule has 9 heavy (non-hydrogen) atoms. The lowest BCUT2D eigenvalue weighted by Gasteiger charge is -2.29. The molecule has 0 aromatic heterocycles. The van der Waals surface area contributed by atoms with Crippen LogP contribution in [0.3, 0.4) is 0 Å². The normalized spacial score (nSPS) is 32.1. The van der Waals surface area contributed by atoms with E-state index in [-0.39, 0.29) is 18.4 Å². The van der Waals surface area contributed by atoms with Crippen molar-refractivity contribution in [1.82, 2.24) is 0 Å². The number of hydrogen-bond donors (Lipinski definition) is 2. The van der Waals surface area contributed by atoms with E-state index in [0.29, 0.717) is 6.61 Å². The Morgan fingerprint density at radius 2 is 2.33 bits per heavy atom. The Balaban J connectivity index is 0.000000640. The van der Waals surface area contributed by atoms with Crippen molar-refractivity contribution in [1.29, 1.82) is 0 Å². The second kappa shape index (κ2) is 3.00. The number of carboxylic acids is 1. The Hall–Kier alpha value is -0.320. The van der Waals surface area contributed by atoms with Crippen LogP contribution in [0.5, 0.6) is 0 Å². The summed E-state index contributed by atoms with van der Waals surface area (Å²) in [6, 6.07) is -0.299. The number of aliphatic carboxylic acids is 1. The van der Waals surface area contributed by atoms with Crippen LogP contribution in [-0.2, 0) is 9.53 Å². The van der Waals surface area contributed by atoms with E-state index in [2.05, 4.69) is 4.74 Å². The van der Waals surface area contributed by atoms with Crippen LogP contribution in [0.25, 0.3) is 0 Å². The van der Waals surface area contributed by atoms with Crippen molar-refractivity contribution in [3.8, 4) is 0 Å². The standard InChI is InChI=1S/C4H7NO3.ClH/c5-2-1-8-3(2)4(6)7;/h2-3H,1,5H2,(H,6,7);1H/t2-,3-;/m0./s1. The van der Waals surface area contributed by atoms with Crippen LogP contribution < -0.4 is 5.73 Å². The highest BCUT2D eigenvalue weighted by atomic mass is 35.5. The zero-order chi connectivity index (χ0) is 6.15. The molecule has 54 valence electrons. The van der Waals surface area contributed by atoms with E-state index in [4.69, 9.17) is 10.8 Å². The molecule has 0 saturated carbocycles. The predicted octanol–water partition coefficient (Wildman–Crippen LogP) is -0.781. The highest BCUT2D eigenvalue weighted by Gasteiger charge is 2.34. The molecule has 0 aromatic carbocycles. The molecule has 0 unspecified atom stereocenters. The summed E-state index contributed by atoms with van der Waals surface area (Å²) < 4.78 is 4.58. The van der Waals surface area contributed by atoms with Gasteiger partial charge in [0, 0.05) is 0 Å². The minimum Gasteiger partial charge on any atom is -0.479 e. The fourth-order valence-corrected chi connectivity index (χ4v) is 0.558. The molecule has 1 rings (SSSR count). The fraction of sp³-hybridized carbons (Fsp3) is 0.750. The second-order valence-corrected chi connectivity index (χ2v) is 1.76. The van der Waals surface area contributed by atoms with Gasteiger partial charge in [-0.25, -0.2) is 4.79 Å². The van der Waals surface area contributed by atoms with Crippen molar-refractivity contribution in [2.75, 3.05) is 6.61 Å². The van der Waals surface area contributed by atoms with Gasteiger partial charge in [0.2, 0.25) is 0 Å². The summed E-state index contributed by atoms with van der Waals surface area (Å²) in [7, 11) is 0. The third-order valence-corrected chi connectivity index (χ3v) is 1.10. The molecule has 1 saturated heterocycles. The minimum absolute atomic E-state index is 0. The van der Waals surface area contributed by atoms with E-state index in [1.165, 1.54) is 0 Å². The summed E-state index contributed by atoms with van der Waals surface area (Å²) in [5, 5.41) is 8.20. The number of carboxylic acid groups (broad SMARTS) is 1. The van der Waals surface area contributed by atoms with Crippen LogP contribution in [-0.4, -0.2) is 29.8 Å². The van der Waals surface area contributed by atoms with E-state index in [0.717, 1.165) is 0 Å². The molecule has 0 amide bonds. The first kappa shape index (κ1) is 8.68. The molecule has 1 fully saturated rings. The van der Waals surface area contributed by atoms with Gasteiger partial charge in [0.15, 0.2) is 6.10 Å². The lowest BCUT2D eigenvalue weighted by Crippen LogP contribution is -2.55. The average Bonchev–Trinajstić information content (AvgIpc) is 1.61. The van der Waals surface area contributed by atoms with Gasteiger partial charge in [-0.15, -0.1) is 12.4 Å². The zero-order valence-electron chi connectivity index (χ0n) is 4.61. The summed E-state index contributed by atoms with van der Waals surface area (Å²) in [4.78, 5) is 9.99. The van der Waals surface area contributed by atoms with Crippen LogP contribution in [0.2, 0.25) is 0 Å². The largest absolute Gasteiger partial charge is 0.479 e. The van der Waals surface area contributed by atoms with Gasteiger partial charge in [-0.3, -0.25) is 0 Å². The van der Waals surface area contributed by atoms with Crippen LogP contribution in [0.4, 0.5) is 0 Å². The van der Waals surface area contributed by atoms with Gasteiger partial charge in [0.1, 0.15) is 0 Å². The summed E-state index contributed by atoms with van der Waals surface area (Å²) in [6.45, 7) is 0.372.